The van der Waals surface area contributed by atoms with Gasteiger partial charge in [-0.2, -0.15) is 4.31 Å². The number of nitrogens with one attached hydrogen (secondary N) is 2. The number of alkyl halides is 1. The summed E-state index contributed by atoms with van der Waals surface area (Å²) in [6.07, 6.45) is 8.28. The summed E-state index contributed by atoms with van der Waals surface area (Å²) < 4.78 is 25.7. The van der Waals surface area contributed by atoms with Crippen LogP contribution < -0.4 is 10.6 Å². The van der Waals surface area contributed by atoms with Gasteiger partial charge in [-0.25, -0.2) is 18.4 Å². The molecule has 1 saturated heterocycles. The van der Waals surface area contributed by atoms with E-state index >= 15 is 0 Å². The Hall–Kier alpha value is -1.45. The summed E-state index contributed by atoms with van der Waals surface area (Å²) in [7, 11) is -3.29. The molecule has 0 aromatic carbocycles. The number of aromatic nitrogens is 2. The zero-order chi connectivity index (χ0) is 21.5. The summed E-state index contributed by atoms with van der Waals surface area (Å²) in [5, 5.41) is 6.63. The summed E-state index contributed by atoms with van der Waals surface area (Å²) in [5.41, 5.74) is 0.641. The molecule has 0 bridgehead atoms. The van der Waals surface area contributed by atoms with Gasteiger partial charge in [0.05, 0.1) is 24.4 Å². The third-order valence-corrected chi connectivity index (χ3v) is 8.19. The number of piperidine rings is 1. The molecule has 1 aliphatic heterocycles. The largest absolute Gasteiger partial charge is 0.353 e. The van der Waals surface area contributed by atoms with Gasteiger partial charge in [-0.3, -0.25) is 4.79 Å². The first-order valence-corrected chi connectivity index (χ1v) is 13.0. The van der Waals surface area contributed by atoms with Gasteiger partial charge in [0.1, 0.15) is 0 Å². The molecule has 8 nitrogen and oxygen atoms in total. The lowest BCUT2D eigenvalue weighted by Crippen LogP contribution is -2.55. The maximum absolute atomic E-state index is 12.7. The van der Waals surface area contributed by atoms with Gasteiger partial charge in [0, 0.05) is 29.7 Å². The van der Waals surface area contributed by atoms with Crippen LogP contribution in [0.25, 0.3) is 0 Å². The lowest BCUT2D eigenvalue weighted by Gasteiger charge is -2.42. The SMILES string of the molecule is C[C@H](Nc1nccc(CN(C2CC2)S(C)(=O)=O)n1)C1CC2CC(Cl)CCC2NC1=O. The van der Waals surface area contributed by atoms with Crippen LogP contribution in [-0.2, 0) is 21.4 Å². The van der Waals surface area contributed by atoms with Crippen LogP contribution in [0.1, 0.15) is 51.1 Å². The Morgan fingerprint density at radius 2 is 2.07 bits per heavy atom. The van der Waals surface area contributed by atoms with E-state index in [0.29, 0.717) is 17.6 Å². The molecule has 1 aromatic heterocycles. The Kier molecular flexibility index (Phi) is 6.23. The smallest absolute Gasteiger partial charge is 0.225 e. The molecule has 5 atom stereocenters. The van der Waals surface area contributed by atoms with Crippen LogP contribution in [0.4, 0.5) is 5.95 Å². The highest BCUT2D eigenvalue weighted by atomic mass is 35.5. The third kappa shape index (κ3) is 5.06. The second-order valence-electron chi connectivity index (χ2n) is 8.97. The van der Waals surface area contributed by atoms with Crippen molar-refractivity contribution >= 4 is 33.5 Å². The van der Waals surface area contributed by atoms with Gasteiger partial charge in [-0.05, 0) is 57.4 Å². The van der Waals surface area contributed by atoms with Crippen LogP contribution in [0.5, 0.6) is 0 Å². The van der Waals surface area contributed by atoms with Crippen molar-refractivity contribution in [3.8, 4) is 0 Å². The van der Waals surface area contributed by atoms with Gasteiger partial charge in [0.15, 0.2) is 0 Å². The second-order valence-corrected chi connectivity index (χ2v) is 11.5. The fraction of sp³-hybridized carbons (Fsp3) is 0.750. The average Bonchev–Trinajstić information content (AvgIpc) is 3.50. The number of halogens is 1. The molecule has 2 aliphatic carbocycles. The van der Waals surface area contributed by atoms with E-state index in [4.69, 9.17) is 11.6 Å². The van der Waals surface area contributed by atoms with Gasteiger partial charge in [-0.1, -0.05) is 0 Å². The summed E-state index contributed by atoms with van der Waals surface area (Å²) in [4.78, 5) is 21.5. The standard InChI is InChI=1S/C20H30ClN5O3S/c1-12(17-10-13-9-14(21)3-6-18(13)25-19(17)27)23-20-22-8-7-15(24-20)11-26(16-4-5-16)30(2,28)29/h7-8,12-14,16-18H,3-6,9-11H2,1-2H3,(H,25,27)(H,22,23,24)/t12-,13?,14?,17?,18?/m0/s1. The minimum Gasteiger partial charge on any atom is -0.353 e. The third-order valence-electron chi connectivity index (χ3n) is 6.51. The van der Waals surface area contributed by atoms with E-state index < -0.39 is 10.0 Å². The number of nitrogens with zero attached hydrogens (tertiary/aromatic N) is 3. The monoisotopic (exact) mass is 455 g/mol. The lowest BCUT2D eigenvalue weighted by atomic mass is 9.74. The zero-order valence-electron chi connectivity index (χ0n) is 17.4. The van der Waals surface area contributed by atoms with Crippen molar-refractivity contribution in [3.05, 3.63) is 18.0 Å². The first kappa shape index (κ1) is 21.8. The predicted octanol–water partition coefficient (Wildman–Crippen LogP) is 2.11. The van der Waals surface area contributed by atoms with E-state index in [1.54, 1.807) is 12.3 Å². The maximum atomic E-state index is 12.7. The van der Waals surface area contributed by atoms with E-state index in [2.05, 4.69) is 20.6 Å². The Morgan fingerprint density at radius 3 is 2.77 bits per heavy atom. The summed E-state index contributed by atoms with van der Waals surface area (Å²) >= 11 is 6.35. The molecule has 0 spiro atoms. The lowest BCUT2D eigenvalue weighted by molar-refractivity contribution is -0.130. The number of anilines is 1. The Morgan fingerprint density at radius 1 is 1.30 bits per heavy atom. The normalized spacial score (nSPS) is 30.5. The number of carbonyl (C=O) groups excluding carboxylic acids is 1. The van der Waals surface area contributed by atoms with Crippen LogP contribution in [0, 0.1) is 11.8 Å². The number of rotatable bonds is 7. The molecular formula is C20H30ClN5O3S. The number of fused-ring (bicyclic) bond motifs is 1. The van der Waals surface area contributed by atoms with E-state index in [1.165, 1.54) is 10.6 Å². The topological polar surface area (TPSA) is 104 Å². The Bertz CT molecular complexity index is 894. The molecule has 2 heterocycles. The highest BCUT2D eigenvalue weighted by molar-refractivity contribution is 7.88. The van der Waals surface area contributed by atoms with Gasteiger partial charge < -0.3 is 10.6 Å². The molecule has 30 heavy (non-hydrogen) atoms. The molecule has 10 heteroatoms. The minimum absolute atomic E-state index is 0.0670. The molecule has 4 unspecified atom stereocenters. The quantitative estimate of drug-likeness (QED) is 0.610. The highest BCUT2D eigenvalue weighted by Crippen LogP contribution is 2.37. The van der Waals surface area contributed by atoms with Gasteiger partial charge >= 0.3 is 0 Å². The van der Waals surface area contributed by atoms with Crippen LogP contribution in [-0.4, -0.2) is 58.4 Å². The molecule has 1 amide bonds. The van der Waals surface area contributed by atoms with Crippen molar-refractivity contribution in [2.45, 2.75) is 75.5 Å². The van der Waals surface area contributed by atoms with Crippen molar-refractivity contribution in [2.75, 3.05) is 11.6 Å². The van der Waals surface area contributed by atoms with Crippen LogP contribution in [0.2, 0.25) is 0 Å². The van der Waals surface area contributed by atoms with E-state index in [-0.39, 0.29) is 41.9 Å². The number of carbonyl (C=O) groups is 1. The zero-order valence-corrected chi connectivity index (χ0v) is 19.0. The van der Waals surface area contributed by atoms with E-state index in [0.717, 1.165) is 38.5 Å². The van der Waals surface area contributed by atoms with Gasteiger partial charge in [0.2, 0.25) is 21.9 Å². The second kappa shape index (κ2) is 8.59. The van der Waals surface area contributed by atoms with Gasteiger partial charge in [-0.15, -0.1) is 11.6 Å². The average molecular weight is 456 g/mol. The fourth-order valence-electron chi connectivity index (χ4n) is 4.71. The number of hydrogen-bond acceptors (Lipinski definition) is 6. The van der Waals surface area contributed by atoms with Gasteiger partial charge in [0.25, 0.3) is 0 Å². The predicted molar refractivity (Wildman–Crippen MR) is 116 cm³/mol. The van der Waals surface area contributed by atoms with Crippen LogP contribution in [0.3, 0.4) is 0 Å². The van der Waals surface area contributed by atoms with E-state index in [9.17, 15) is 13.2 Å². The summed E-state index contributed by atoms with van der Waals surface area (Å²) in [5.74, 6) is 0.706. The minimum atomic E-state index is -3.29. The summed E-state index contributed by atoms with van der Waals surface area (Å²) in [6.45, 7) is 2.20. The number of sulfonamides is 1. The molecule has 2 N–H and O–H groups in total. The molecule has 2 saturated carbocycles. The molecule has 3 aliphatic rings. The Balaban J connectivity index is 1.41. The van der Waals surface area contributed by atoms with E-state index in [1.807, 2.05) is 6.92 Å². The molecule has 166 valence electrons. The highest BCUT2D eigenvalue weighted by Gasteiger charge is 2.41. The first-order chi connectivity index (χ1) is 14.2. The van der Waals surface area contributed by atoms with Crippen LogP contribution >= 0.6 is 11.6 Å². The molecule has 0 radical (unpaired) electrons. The molecule has 4 rings (SSSR count). The molecular weight excluding hydrogens is 426 g/mol. The maximum Gasteiger partial charge on any atom is 0.225 e. The first-order valence-electron chi connectivity index (χ1n) is 10.7. The van der Waals surface area contributed by atoms with Crippen molar-refractivity contribution < 1.29 is 13.2 Å². The number of amides is 1. The Labute approximate surface area is 183 Å². The van der Waals surface area contributed by atoms with Crippen molar-refractivity contribution in [1.29, 1.82) is 0 Å². The van der Waals surface area contributed by atoms with Crippen molar-refractivity contribution in [3.63, 3.8) is 0 Å². The van der Waals surface area contributed by atoms with Crippen LogP contribution in [0.15, 0.2) is 12.3 Å². The summed E-state index contributed by atoms with van der Waals surface area (Å²) in [6, 6.07) is 1.90. The fourth-order valence-corrected chi connectivity index (χ4v) is 6.18. The molecule has 1 aromatic rings. The van der Waals surface area contributed by atoms with Crippen molar-refractivity contribution in [1.82, 2.24) is 19.6 Å². The molecule has 3 fully saturated rings. The van der Waals surface area contributed by atoms with Crippen molar-refractivity contribution in [2.24, 2.45) is 11.8 Å². The number of hydrogen-bond donors (Lipinski definition) is 2.